The lowest BCUT2D eigenvalue weighted by Crippen LogP contribution is -2.33. The van der Waals surface area contributed by atoms with Crippen LogP contribution in [0.15, 0.2) is 34.6 Å². The number of carbonyl (C=O) groups excluding carboxylic acids is 1. The van der Waals surface area contributed by atoms with Crippen molar-refractivity contribution in [1.29, 1.82) is 0 Å². The third-order valence-electron chi connectivity index (χ3n) is 8.41. The van der Waals surface area contributed by atoms with Crippen LogP contribution in [-0.2, 0) is 24.1 Å². The highest BCUT2D eigenvalue weighted by atomic mass is 19.1. The van der Waals surface area contributed by atoms with E-state index in [1.54, 1.807) is 4.57 Å². The van der Waals surface area contributed by atoms with Gasteiger partial charge in [0, 0.05) is 22.6 Å². The van der Waals surface area contributed by atoms with E-state index in [0.29, 0.717) is 41.5 Å². The molecule has 2 N–H and O–H groups in total. The molecule has 1 aliphatic heterocycles. The molecule has 7 heteroatoms. The van der Waals surface area contributed by atoms with Crippen molar-refractivity contribution in [3.8, 4) is 5.75 Å². The molecular formula is C29H27F2NO4. The van der Waals surface area contributed by atoms with Gasteiger partial charge >= 0.3 is 0 Å². The third-order valence-corrected chi connectivity index (χ3v) is 8.41. The number of benzene rings is 2. The second-order valence-corrected chi connectivity index (χ2v) is 10.6. The van der Waals surface area contributed by atoms with Gasteiger partial charge in [-0.3, -0.25) is 9.59 Å². The fourth-order valence-electron chi connectivity index (χ4n) is 6.59. The molecule has 0 fully saturated rings. The van der Waals surface area contributed by atoms with Gasteiger partial charge in [-0.25, -0.2) is 8.78 Å². The average molecular weight is 492 g/mol. The second-order valence-electron chi connectivity index (χ2n) is 10.6. The topological polar surface area (TPSA) is 79.5 Å². The van der Waals surface area contributed by atoms with Crippen LogP contribution in [0.1, 0.15) is 72.9 Å². The molecule has 0 saturated heterocycles. The summed E-state index contributed by atoms with van der Waals surface area (Å²) < 4.78 is 30.3. The highest BCUT2D eigenvalue weighted by molar-refractivity contribution is 6.09. The summed E-state index contributed by atoms with van der Waals surface area (Å²) in [6, 6.07) is 5.22. The maximum atomic E-state index is 14.4. The second kappa shape index (κ2) is 8.02. The summed E-state index contributed by atoms with van der Waals surface area (Å²) in [5.41, 5.74) is 2.89. The zero-order valence-corrected chi connectivity index (χ0v) is 20.2. The van der Waals surface area contributed by atoms with Gasteiger partial charge in [-0.05, 0) is 92.3 Å². The molecule has 0 spiro atoms. The van der Waals surface area contributed by atoms with Gasteiger partial charge in [0.2, 0.25) is 0 Å². The molecule has 2 aliphatic carbocycles. The number of aliphatic hydroxyl groups is 1. The summed E-state index contributed by atoms with van der Waals surface area (Å²) >= 11 is 0. The van der Waals surface area contributed by atoms with Gasteiger partial charge < -0.3 is 14.8 Å². The molecule has 6 rings (SSSR count). The largest absolute Gasteiger partial charge is 0.507 e. The Labute approximate surface area is 206 Å². The Morgan fingerprint density at radius 3 is 2.42 bits per heavy atom. The van der Waals surface area contributed by atoms with Crippen LogP contribution in [0.3, 0.4) is 0 Å². The molecule has 0 radical (unpaired) electrons. The van der Waals surface area contributed by atoms with E-state index >= 15 is 0 Å². The molecule has 0 bridgehead atoms. The van der Waals surface area contributed by atoms with Gasteiger partial charge in [-0.2, -0.15) is 0 Å². The number of hydrogen-bond acceptors (Lipinski definition) is 4. The number of halogens is 2. The van der Waals surface area contributed by atoms with Gasteiger partial charge in [0.05, 0.1) is 17.0 Å². The van der Waals surface area contributed by atoms with E-state index in [9.17, 15) is 28.6 Å². The Morgan fingerprint density at radius 2 is 1.64 bits per heavy atom. The van der Waals surface area contributed by atoms with Crippen molar-refractivity contribution < 1.29 is 23.8 Å². The summed E-state index contributed by atoms with van der Waals surface area (Å²) in [4.78, 5) is 27.1. The van der Waals surface area contributed by atoms with Crippen molar-refractivity contribution in [2.75, 3.05) is 0 Å². The Hall–Kier alpha value is -3.48. The number of ketones is 1. The van der Waals surface area contributed by atoms with Gasteiger partial charge in [0.25, 0.3) is 5.56 Å². The Balaban J connectivity index is 1.47. The number of aromatic nitrogens is 1. The van der Waals surface area contributed by atoms with E-state index in [-0.39, 0.29) is 64.2 Å². The lowest BCUT2D eigenvalue weighted by atomic mass is 9.67. The van der Waals surface area contributed by atoms with Gasteiger partial charge in [0.15, 0.2) is 5.78 Å². The number of aromatic hydroxyl groups is 1. The Morgan fingerprint density at radius 1 is 0.944 bits per heavy atom. The first-order valence-corrected chi connectivity index (χ1v) is 12.5. The number of rotatable bonds is 3. The number of nitrogens with zero attached hydrogens (tertiary/aromatic N) is 1. The van der Waals surface area contributed by atoms with Crippen LogP contribution in [0.2, 0.25) is 0 Å². The number of aryl methyl sites for hydroxylation is 2. The first kappa shape index (κ1) is 23.0. The third kappa shape index (κ3) is 3.18. The Bertz CT molecular complexity index is 1570. The molecule has 36 heavy (non-hydrogen) atoms. The fraction of sp³-hybridized carbons (Fsp3) is 0.379. The van der Waals surface area contributed by atoms with Crippen LogP contribution in [0.25, 0.3) is 16.7 Å². The van der Waals surface area contributed by atoms with E-state index < -0.39 is 17.6 Å². The lowest BCUT2D eigenvalue weighted by molar-refractivity contribution is -0.118. The van der Waals surface area contributed by atoms with Crippen molar-refractivity contribution in [2.45, 2.75) is 64.3 Å². The minimum absolute atomic E-state index is 0.00400. The van der Waals surface area contributed by atoms with Crippen LogP contribution in [0.5, 0.6) is 5.75 Å². The summed E-state index contributed by atoms with van der Waals surface area (Å²) in [5, 5.41) is 22.4. The van der Waals surface area contributed by atoms with E-state index in [2.05, 4.69) is 0 Å². The Kier molecular flexibility index (Phi) is 5.11. The molecule has 3 atom stereocenters. The standard InChI is InChI=1S/C29H27F2NO4/c1-13-3-5-15-9-17(30)11-21-24(15)23(13)28(35)19(26(21)33)7-8-20-27(34)22-12-18(31)10-16-6-4-14(2)32(25(16)22)29(20)36/h9-14,23,33-34H,3-8H2,1-2H3/t13-,14+,23-/m1/s1. The molecule has 0 unspecified atom stereocenters. The average Bonchev–Trinajstić information content (AvgIpc) is 2.83. The summed E-state index contributed by atoms with van der Waals surface area (Å²) in [5.74, 6) is -2.16. The van der Waals surface area contributed by atoms with Crippen LogP contribution < -0.4 is 5.56 Å². The fourth-order valence-corrected chi connectivity index (χ4v) is 6.59. The molecule has 2 heterocycles. The van der Waals surface area contributed by atoms with Crippen LogP contribution >= 0.6 is 0 Å². The zero-order chi connectivity index (χ0) is 25.5. The maximum Gasteiger partial charge on any atom is 0.258 e. The van der Waals surface area contributed by atoms with Crippen molar-refractivity contribution in [2.24, 2.45) is 5.92 Å². The molecule has 0 amide bonds. The molecule has 2 aromatic carbocycles. The quantitative estimate of drug-likeness (QED) is 0.497. The van der Waals surface area contributed by atoms with E-state index in [1.807, 2.05) is 13.8 Å². The molecule has 1 aromatic heterocycles. The molecule has 5 nitrogen and oxygen atoms in total. The van der Waals surface area contributed by atoms with Crippen LogP contribution in [0.4, 0.5) is 8.78 Å². The van der Waals surface area contributed by atoms with Gasteiger partial charge in [-0.1, -0.05) is 6.92 Å². The lowest BCUT2D eigenvalue weighted by Gasteiger charge is -2.36. The highest BCUT2D eigenvalue weighted by Crippen LogP contribution is 2.47. The number of hydrogen-bond donors (Lipinski definition) is 2. The first-order valence-electron chi connectivity index (χ1n) is 12.5. The van der Waals surface area contributed by atoms with Crippen molar-refractivity contribution >= 4 is 22.4 Å². The van der Waals surface area contributed by atoms with Crippen molar-refractivity contribution in [3.63, 3.8) is 0 Å². The van der Waals surface area contributed by atoms with E-state index in [1.165, 1.54) is 24.3 Å². The highest BCUT2D eigenvalue weighted by Gasteiger charge is 2.41. The molecule has 3 aromatic rings. The molecule has 186 valence electrons. The minimum Gasteiger partial charge on any atom is -0.507 e. The zero-order valence-electron chi connectivity index (χ0n) is 20.2. The first-order chi connectivity index (χ1) is 17.2. The van der Waals surface area contributed by atoms with E-state index in [4.69, 9.17) is 0 Å². The number of aliphatic hydroxyl groups excluding tert-OH is 1. The van der Waals surface area contributed by atoms with Gasteiger partial charge in [-0.15, -0.1) is 0 Å². The van der Waals surface area contributed by atoms with Crippen LogP contribution in [0, 0.1) is 17.6 Å². The monoisotopic (exact) mass is 491 g/mol. The van der Waals surface area contributed by atoms with Crippen molar-refractivity contribution in [1.82, 2.24) is 4.57 Å². The van der Waals surface area contributed by atoms with Gasteiger partial charge in [0.1, 0.15) is 23.1 Å². The molecule has 3 aliphatic rings. The number of allylic oxidation sites excluding steroid dienone is 1. The summed E-state index contributed by atoms with van der Waals surface area (Å²) in [6.07, 6.45) is 2.66. The predicted molar refractivity (Wildman–Crippen MR) is 132 cm³/mol. The SMILES string of the molecule is C[C@@H]1CCc2cc(F)cc3c2[C@@H]1C(=O)C(CCc1c(O)c2cc(F)cc4c2n(c1=O)[C@@H](C)CC4)=C3O. The summed E-state index contributed by atoms with van der Waals surface area (Å²) in [6.45, 7) is 3.90. The van der Waals surface area contributed by atoms with Crippen molar-refractivity contribution in [3.05, 3.63) is 79.6 Å². The smallest absolute Gasteiger partial charge is 0.258 e. The predicted octanol–water partition coefficient (Wildman–Crippen LogP) is 5.64. The normalized spacial score (nSPS) is 22.8. The molecular weight excluding hydrogens is 464 g/mol. The summed E-state index contributed by atoms with van der Waals surface area (Å²) in [7, 11) is 0. The number of carbonyl (C=O) groups is 1. The van der Waals surface area contributed by atoms with E-state index in [0.717, 1.165) is 12.0 Å². The molecule has 0 saturated carbocycles. The number of pyridine rings is 1. The van der Waals surface area contributed by atoms with Crippen LogP contribution in [-0.4, -0.2) is 20.6 Å². The minimum atomic E-state index is -0.484. The maximum absolute atomic E-state index is 14.4. The number of Topliss-reactive ketones (excluding diaryl/α,β-unsaturated/α-hetero) is 1.